The molecule has 0 unspecified atom stereocenters. The number of carbonyl (C=O) groups is 2. The topological polar surface area (TPSA) is 104 Å². The van der Waals surface area contributed by atoms with Gasteiger partial charge in [-0.3, -0.25) is 19.3 Å². The molecule has 1 fully saturated rings. The third-order valence-electron chi connectivity index (χ3n) is 7.74. The Bertz CT molecular complexity index is 1670. The molecule has 41 heavy (non-hydrogen) atoms. The zero-order valence-corrected chi connectivity index (χ0v) is 22.1. The van der Waals surface area contributed by atoms with Crippen molar-refractivity contribution in [3.8, 4) is 22.7 Å². The molecule has 0 radical (unpaired) electrons. The highest BCUT2D eigenvalue weighted by molar-refractivity contribution is 5.97. The van der Waals surface area contributed by atoms with Crippen LogP contribution in [0.25, 0.3) is 16.9 Å². The van der Waals surface area contributed by atoms with Crippen LogP contribution in [-0.2, 0) is 14.2 Å². The van der Waals surface area contributed by atoms with Gasteiger partial charge in [-0.05, 0) is 23.8 Å². The van der Waals surface area contributed by atoms with Gasteiger partial charge in [-0.1, -0.05) is 42.5 Å². The van der Waals surface area contributed by atoms with Gasteiger partial charge in [-0.15, -0.1) is 0 Å². The van der Waals surface area contributed by atoms with E-state index in [2.05, 4.69) is 44.6 Å². The average Bonchev–Trinajstić information content (AvgIpc) is 3.46. The number of amides is 1. The second-order valence-corrected chi connectivity index (χ2v) is 9.81. The molecular weight excluding hydrogens is 528 g/mol. The number of para-hydroxylation sites is 1. The van der Waals surface area contributed by atoms with Crippen LogP contribution in [0.15, 0.2) is 83.9 Å². The first-order valence-corrected chi connectivity index (χ1v) is 13.2. The molecular formula is C30H26N4O7. The molecule has 4 aromatic rings. The molecule has 1 saturated heterocycles. The highest BCUT2D eigenvalue weighted by atomic mass is 16.8. The van der Waals surface area contributed by atoms with Gasteiger partial charge in [0.15, 0.2) is 5.69 Å². The van der Waals surface area contributed by atoms with Crippen molar-refractivity contribution in [2.45, 2.75) is 12.2 Å². The standard InChI is InChI=1S/C30H26N4O7/c1-38-30(37)41-18-40-28-24(35)12-14-33-27(28)29(36)32-15-16-39-17-25(32)34(33)26-20-8-3-2-7-19(20)22-11-6-13-31(22)23-10-5-4-9-21(23)26/h2-14,25-26H,15-18H2,1H3/t25-,26-/m1/s1. The number of morpholine rings is 1. The molecule has 0 N–H and O–H groups in total. The van der Waals surface area contributed by atoms with Gasteiger partial charge < -0.3 is 28.4 Å². The van der Waals surface area contributed by atoms with Crippen molar-refractivity contribution in [2.24, 2.45) is 0 Å². The van der Waals surface area contributed by atoms with Crippen LogP contribution in [0.3, 0.4) is 0 Å². The average molecular weight is 555 g/mol. The van der Waals surface area contributed by atoms with E-state index >= 15 is 0 Å². The van der Waals surface area contributed by atoms with Crippen molar-refractivity contribution in [1.29, 1.82) is 0 Å². The second-order valence-electron chi connectivity index (χ2n) is 9.81. The lowest BCUT2D eigenvalue weighted by atomic mass is 9.92. The van der Waals surface area contributed by atoms with E-state index in [0.29, 0.717) is 13.2 Å². The van der Waals surface area contributed by atoms with Crippen molar-refractivity contribution in [3.63, 3.8) is 0 Å². The molecule has 2 atom stereocenters. The molecule has 3 aliphatic heterocycles. The minimum absolute atomic E-state index is 0.0444. The Labute approximate surface area is 234 Å². The van der Waals surface area contributed by atoms with E-state index in [1.807, 2.05) is 36.5 Å². The van der Waals surface area contributed by atoms with Crippen LogP contribution in [0, 0.1) is 0 Å². The highest BCUT2D eigenvalue weighted by Gasteiger charge is 2.46. The van der Waals surface area contributed by atoms with Crippen LogP contribution in [0.1, 0.15) is 27.7 Å². The van der Waals surface area contributed by atoms with Crippen LogP contribution < -0.4 is 15.2 Å². The first-order chi connectivity index (χ1) is 20.1. The number of benzene rings is 2. The summed E-state index contributed by atoms with van der Waals surface area (Å²) in [6, 6.07) is 21.4. The number of hydrogen-bond donors (Lipinski definition) is 0. The van der Waals surface area contributed by atoms with Crippen LogP contribution in [0.5, 0.6) is 5.75 Å². The van der Waals surface area contributed by atoms with Gasteiger partial charge in [0.2, 0.25) is 18.0 Å². The minimum Gasteiger partial charge on any atom is -0.451 e. The Morgan fingerprint density at radius 1 is 0.976 bits per heavy atom. The quantitative estimate of drug-likeness (QED) is 0.280. The summed E-state index contributed by atoms with van der Waals surface area (Å²) in [5.41, 5.74) is 4.66. The smallest absolute Gasteiger partial charge is 0.451 e. The lowest BCUT2D eigenvalue weighted by Gasteiger charge is -2.51. The van der Waals surface area contributed by atoms with Gasteiger partial charge >= 0.3 is 6.16 Å². The largest absolute Gasteiger partial charge is 0.510 e. The van der Waals surface area contributed by atoms with Gasteiger partial charge in [0.05, 0.1) is 31.7 Å². The van der Waals surface area contributed by atoms with Crippen LogP contribution in [-0.4, -0.2) is 66.0 Å². The van der Waals surface area contributed by atoms with E-state index in [0.717, 1.165) is 28.1 Å². The summed E-state index contributed by atoms with van der Waals surface area (Å²) in [5, 5.41) is 2.08. The molecule has 0 spiro atoms. The lowest BCUT2D eigenvalue weighted by Crippen LogP contribution is -2.66. The maximum absolute atomic E-state index is 14.0. The third-order valence-corrected chi connectivity index (χ3v) is 7.74. The summed E-state index contributed by atoms with van der Waals surface area (Å²) >= 11 is 0. The lowest BCUT2D eigenvalue weighted by molar-refractivity contribution is -0.0208. The predicted octanol–water partition coefficient (Wildman–Crippen LogP) is 3.28. The number of nitrogens with zero attached hydrogens (tertiary/aromatic N) is 4. The van der Waals surface area contributed by atoms with E-state index in [-0.39, 0.29) is 30.0 Å². The molecule has 0 aliphatic carbocycles. The van der Waals surface area contributed by atoms with Crippen molar-refractivity contribution in [3.05, 3.63) is 106 Å². The van der Waals surface area contributed by atoms with Gasteiger partial charge in [0, 0.05) is 36.1 Å². The SMILES string of the molecule is COC(=O)OCOc1c2n(ccc1=O)N([C@@H]1c3ccccc3-c3cccn3-c3ccccc31)[C@@H]1COCCN1C2=O. The Balaban J connectivity index is 1.46. The predicted molar refractivity (Wildman–Crippen MR) is 147 cm³/mol. The summed E-state index contributed by atoms with van der Waals surface area (Å²) in [6.07, 6.45) is 2.19. The molecule has 3 aliphatic rings. The Hall–Kier alpha value is -5.03. The molecule has 7 rings (SSSR count). The number of rotatable bonds is 4. The van der Waals surface area contributed by atoms with Crippen molar-refractivity contribution >= 4 is 12.1 Å². The number of fused-ring (bicyclic) bond motifs is 7. The molecule has 1 amide bonds. The number of hydrogen-bond acceptors (Lipinski definition) is 8. The van der Waals surface area contributed by atoms with E-state index in [9.17, 15) is 14.4 Å². The second kappa shape index (κ2) is 9.86. The van der Waals surface area contributed by atoms with E-state index < -0.39 is 24.5 Å². The van der Waals surface area contributed by atoms with E-state index in [4.69, 9.17) is 14.2 Å². The summed E-state index contributed by atoms with van der Waals surface area (Å²) in [7, 11) is 1.17. The first-order valence-electron chi connectivity index (χ1n) is 13.2. The van der Waals surface area contributed by atoms with Gasteiger partial charge in [0.1, 0.15) is 12.2 Å². The van der Waals surface area contributed by atoms with Crippen LogP contribution in [0.2, 0.25) is 0 Å². The van der Waals surface area contributed by atoms with Crippen molar-refractivity contribution in [1.82, 2.24) is 14.1 Å². The number of pyridine rings is 1. The molecule has 11 nitrogen and oxygen atoms in total. The fraction of sp³-hybridized carbons (Fsp3) is 0.233. The zero-order chi connectivity index (χ0) is 28.1. The molecule has 0 saturated carbocycles. The van der Waals surface area contributed by atoms with Crippen molar-refractivity contribution in [2.75, 3.05) is 38.7 Å². The highest BCUT2D eigenvalue weighted by Crippen LogP contribution is 2.44. The maximum Gasteiger partial charge on any atom is 0.510 e. The van der Waals surface area contributed by atoms with E-state index in [1.54, 1.807) is 15.8 Å². The Kier molecular flexibility index (Phi) is 6.01. The van der Waals surface area contributed by atoms with Gasteiger partial charge in [0.25, 0.3) is 5.91 Å². The number of methoxy groups -OCH3 is 1. The monoisotopic (exact) mass is 554 g/mol. The number of carbonyl (C=O) groups excluding carboxylic acids is 2. The van der Waals surface area contributed by atoms with Crippen LogP contribution in [0.4, 0.5) is 4.79 Å². The fourth-order valence-corrected chi connectivity index (χ4v) is 6.02. The summed E-state index contributed by atoms with van der Waals surface area (Å²) in [4.78, 5) is 40.3. The van der Waals surface area contributed by atoms with Crippen molar-refractivity contribution < 1.29 is 28.5 Å². The van der Waals surface area contributed by atoms with Gasteiger partial charge in [-0.2, -0.15) is 0 Å². The third kappa shape index (κ3) is 3.88. The molecule has 5 heterocycles. The van der Waals surface area contributed by atoms with Gasteiger partial charge in [-0.25, -0.2) is 4.79 Å². The summed E-state index contributed by atoms with van der Waals surface area (Å²) < 4.78 is 24.8. The number of ether oxygens (including phenoxy) is 4. The summed E-state index contributed by atoms with van der Waals surface area (Å²) in [6.45, 7) is 0.366. The normalized spacial score (nSPS) is 18.7. The summed E-state index contributed by atoms with van der Waals surface area (Å²) in [5.74, 6) is -0.584. The Morgan fingerprint density at radius 2 is 1.78 bits per heavy atom. The molecule has 0 bridgehead atoms. The molecule has 11 heteroatoms. The van der Waals surface area contributed by atoms with Crippen LogP contribution >= 0.6 is 0 Å². The Morgan fingerprint density at radius 3 is 2.63 bits per heavy atom. The van der Waals surface area contributed by atoms with E-state index in [1.165, 1.54) is 13.2 Å². The molecule has 2 aromatic carbocycles. The fourth-order valence-electron chi connectivity index (χ4n) is 6.02. The molecule has 208 valence electrons. The zero-order valence-electron chi connectivity index (χ0n) is 22.1. The first kappa shape index (κ1) is 25.0. The maximum atomic E-state index is 14.0. The number of aromatic nitrogens is 2. The minimum atomic E-state index is -0.966. The molecule has 2 aromatic heterocycles.